The molecule has 0 radical (unpaired) electrons. The van der Waals surface area contributed by atoms with Crippen LogP contribution in [0.15, 0.2) is 30.3 Å². The molecule has 1 atom stereocenters. The highest BCUT2D eigenvalue weighted by Gasteiger charge is 2.31. The van der Waals surface area contributed by atoms with Crippen LogP contribution in [-0.4, -0.2) is 48.5 Å². The molecular formula is C17H23N3OS. The molecule has 22 heavy (non-hydrogen) atoms. The molecule has 0 aromatic heterocycles. The average Bonchev–Trinajstić information content (AvgIpc) is 2.55. The molecular weight excluding hydrogens is 294 g/mol. The third-order valence-corrected chi connectivity index (χ3v) is 4.89. The highest BCUT2D eigenvalue weighted by atomic mass is 32.2. The lowest BCUT2D eigenvalue weighted by atomic mass is 10.0. The number of hydrogen-bond donors (Lipinski definition) is 0. The van der Waals surface area contributed by atoms with Gasteiger partial charge in [-0.1, -0.05) is 18.2 Å². The Bertz CT molecular complexity index is 514. The minimum absolute atomic E-state index is 0.0186. The minimum Gasteiger partial charge on any atom is -0.311 e. The first-order valence-electron chi connectivity index (χ1n) is 7.75. The van der Waals surface area contributed by atoms with Crippen LogP contribution < -0.4 is 4.90 Å². The number of amides is 1. The smallest absolute Gasteiger partial charge is 0.244 e. The molecule has 1 saturated heterocycles. The lowest BCUT2D eigenvalue weighted by Gasteiger charge is -2.36. The molecule has 0 N–H and O–H groups in total. The van der Waals surface area contributed by atoms with Gasteiger partial charge in [-0.05, 0) is 50.7 Å². The number of nitriles is 1. The van der Waals surface area contributed by atoms with Crippen LogP contribution in [0, 0.1) is 11.3 Å². The van der Waals surface area contributed by atoms with Crippen LogP contribution in [0.5, 0.6) is 0 Å². The third-order valence-electron chi connectivity index (χ3n) is 3.98. The third kappa shape index (κ3) is 4.49. The zero-order chi connectivity index (χ0) is 15.8. The van der Waals surface area contributed by atoms with E-state index >= 15 is 0 Å². The van der Waals surface area contributed by atoms with Crippen molar-refractivity contribution in [1.82, 2.24) is 4.90 Å². The van der Waals surface area contributed by atoms with E-state index in [1.807, 2.05) is 42.3 Å². The van der Waals surface area contributed by atoms with Crippen LogP contribution >= 0.6 is 11.8 Å². The van der Waals surface area contributed by atoms with Crippen LogP contribution in [-0.2, 0) is 4.79 Å². The topological polar surface area (TPSA) is 47.3 Å². The van der Waals surface area contributed by atoms with Crippen LogP contribution in [0.25, 0.3) is 0 Å². The molecule has 1 aromatic rings. The molecule has 0 bridgehead atoms. The molecule has 1 amide bonds. The van der Waals surface area contributed by atoms with Gasteiger partial charge >= 0.3 is 0 Å². The quantitative estimate of drug-likeness (QED) is 0.726. The fraction of sp³-hybridized carbons (Fsp3) is 0.529. The van der Waals surface area contributed by atoms with E-state index in [-0.39, 0.29) is 11.9 Å². The maximum atomic E-state index is 12.7. The largest absolute Gasteiger partial charge is 0.311 e. The van der Waals surface area contributed by atoms with Gasteiger partial charge in [-0.25, -0.2) is 0 Å². The predicted molar refractivity (Wildman–Crippen MR) is 92.0 cm³/mol. The van der Waals surface area contributed by atoms with Crippen molar-refractivity contribution in [3.63, 3.8) is 0 Å². The van der Waals surface area contributed by atoms with Crippen LogP contribution in [0.1, 0.15) is 19.3 Å². The number of likely N-dealkylation sites (N-methyl/N-ethyl adjacent to an activating group) is 1. The molecule has 118 valence electrons. The highest BCUT2D eigenvalue weighted by Crippen LogP contribution is 2.23. The van der Waals surface area contributed by atoms with Crippen molar-refractivity contribution < 1.29 is 4.79 Å². The van der Waals surface area contributed by atoms with E-state index in [4.69, 9.17) is 5.26 Å². The Morgan fingerprint density at radius 1 is 1.41 bits per heavy atom. The molecule has 1 heterocycles. The lowest BCUT2D eigenvalue weighted by molar-refractivity contribution is -0.124. The SMILES string of the molecule is CN(CCCSCC#N)[C@H]1CCCN(c2ccccc2)C1=O. The van der Waals surface area contributed by atoms with E-state index in [2.05, 4.69) is 11.0 Å². The number of hydrogen-bond acceptors (Lipinski definition) is 4. The number of benzene rings is 1. The Labute approximate surface area is 137 Å². The van der Waals surface area contributed by atoms with Crippen molar-refractivity contribution in [2.45, 2.75) is 25.3 Å². The van der Waals surface area contributed by atoms with E-state index in [1.54, 1.807) is 11.8 Å². The van der Waals surface area contributed by atoms with Crippen LogP contribution in [0.2, 0.25) is 0 Å². The van der Waals surface area contributed by atoms with Gasteiger partial charge in [-0.2, -0.15) is 5.26 Å². The fourth-order valence-electron chi connectivity index (χ4n) is 2.82. The number of nitrogens with zero attached hydrogens (tertiary/aromatic N) is 3. The maximum Gasteiger partial charge on any atom is 0.244 e. The Balaban J connectivity index is 1.88. The summed E-state index contributed by atoms with van der Waals surface area (Å²) in [7, 11) is 2.03. The van der Waals surface area contributed by atoms with Gasteiger partial charge in [0.15, 0.2) is 0 Å². The van der Waals surface area contributed by atoms with Gasteiger partial charge < -0.3 is 4.90 Å². The number of piperidine rings is 1. The number of carbonyl (C=O) groups is 1. The molecule has 0 aliphatic carbocycles. The van der Waals surface area contributed by atoms with E-state index in [9.17, 15) is 4.79 Å². The molecule has 1 aromatic carbocycles. The van der Waals surface area contributed by atoms with E-state index in [1.165, 1.54) is 0 Å². The van der Waals surface area contributed by atoms with E-state index in [0.29, 0.717) is 5.75 Å². The molecule has 0 unspecified atom stereocenters. The summed E-state index contributed by atoms with van der Waals surface area (Å²) < 4.78 is 0. The summed E-state index contributed by atoms with van der Waals surface area (Å²) in [6.07, 6.45) is 2.99. The molecule has 1 aliphatic heterocycles. The normalized spacial score (nSPS) is 18.5. The average molecular weight is 317 g/mol. The maximum absolute atomic E-state index is 12.7. The highest BCUT2D eigenvalue weighted by molar-refractivity contribution is 7.99. The van der Waals surface area contributed by atoms with Gasteiger partial charge in [0.25, 0.3) is 0 Å². The number of thioether (sulfide) groups is 1. The number of para-hydroxylation sites is 1. The zero-order valence-corrected chi connectivity index (χ0v) is 13.9. The summed E-state index contributed by atoms with van der Waals surface area (Å²) in [4.78, 5) is 16.8. The molecule has 1 aliphatic rings. The molecule has 5 heteroatoms. The molecule has 1 fully saturated rings. The summed E-state index contributed by atoms with van der Waals surface area (Å²) in [6, 6.07) is 12.0. The molecule has 0 spiro atoms. The van der Waals surface area contributed by atoms with Gasteiger partial charge in [0.05, 0.1) is 17.9 Å². The first kappa shape index (κ1) is 16.9. The second-order valence-electron chi connectivity index (χ2n) is 5.53. The standard InChI is InChI=1S/C17H23N3OS/c1-19(11-6-13-22-14-10-18)16-9-5-12-20(17(16)21)15-7-3-2-4-8-15/h2-4,7-8,16H,5-6,9,11-14H2,1H3/t16-/m0/s1. The molecule has 0 saturated carbocycles. The summed E-state index contributed by atoms with van der Waals surface area (Å²) in [5.74, 6) is 1.74. The summed E-state index contributed by atoms with van der Waals surface area (Å²) in [5.41, 5.74) is 0.996. The number of carbonyl (C=O) groups excluding carboxylic acids is 1. The summed E-state index contributed by atoms with van der Waals surface area (Å²) >= 11 is 1.66. The van der Waals surface area contributed by atoms with Crippen molar-refractivity contribution in [3.05, 3.63) is 30.3 Å². The first-order chi connectivity index (χ1) is 10.7. The Morgan fingerprint density at radius 3 is 2.91 bits per heavy atom. The number of rotatable bonds is 7. The van der Waals surface area contributed by atoms with Crippen molar-refractivity contribution in [1.29, 1.82) is 5.26 Å². The Morgan fingerprint density at radius 2 is 2.18 bits per heavy atom. The zero-order valence-electron chi connectivity index (χ0n) is 13.1. The fourth-order valence-corrected chi connectivity index (χ4v) is 3.39. The van der Waals surface area contributed by atoms with E-state index in [0.717, 1.165) is 43.8 Å². The monoisotopic (exact) mass is 317 g/mol. The van der Waals surface area contributed by atoms with Crippen LogP contribution in [0.3, 0.4) is 0 Å². The summed E-state index contributed by atoms with van der Waals surface area (Å²) in [5, 5.41) is 8.52. The first-order valence-corrected chi connectivity index (χ1v) is 8.91. The second kappa shape index (κ2) is 8.82. The van der Waals surface area contributed by atoms with Crippen molar-refractivity contribution in [2.24, 2.45) is 0 Å². The Kier molecular flexibility index (Phi) is 6.75. The van der Waals surface area contributed by atoms with Gasteiger partial charge in [0.2, 0.25) is 5.91 Å². The van der Waals surface area contributed by atoms with Crippen molar-refractivity contribution in [3.8, 4) is 6.07 Å². The van der Waals surface area contributed by atoms with Crippen molar-refractivity contribution in [2.75, 3.05) is 36.5 Å². The minimum atomic E-state index is -0.0186. The van der Waals surface area contributed by atoms with E-state index < -0.39 is 0 Å². The number of anilines is 1. The van der Waals surface area contributed by atoms with Crippen LogP contribution in [0.4, 0.5) is 5.69 Å². The second-order valence-corrected chi connectivity index (χ2v) is 6.63. The predicted octanol–water partition coefficient (Wildman–Crippen LogP) is 2.76. The van der Waals surface area contributed by atoms with Gasteiger partial charge in [-0.3, -0.25) is 9.69 Å². The van der Waals surface area contributed by atoms with Gasteiger partial charge in [0, 0.05) is 12.2 Å². The molecule has 4 nitrogen and oxygen atoms in total. The van der Waals surface area contributed by atoms with Gasteiger partial charge in [-0.15, -0.1) is 11.8 Å². The van der Waals surface area contributed by atoms with Crippen molar-refractivity contribution >= 4 is 23.4 Å². The van der Waals surface area contributed by atoms with Gasteiger partial charge in [0.1, 0.15) is 0 Å². The Hall–Kier alpha value is -1.51. The molecule has 2 rings (SSSR count). The summed E-state index contributed by atoms with van der Waals surface area (Å²) in [6.45, 7) is 1.71. The lowest BCUT2D eigenvalue weighted by Crippen LogP contribution is -2.51.